The normalized spacial score (nSPS) is 36.1. The second kappa shape index (κ2) is 9.89. The predicted molar refractivity (Wildman–Crippen MR) is 75.7 cm³/mol. The molecule has 1 heterocycles. The fourth-order valence-corrected chi connectivity index (χ4v) is 2.39. The zero-order valence-corrected chi connectivity index (χ0v) is 12.9. The summed E-state index contributed by atoms with van der Waals surface area (Å²) >= 11 is 0. The van der Waals surface area contributed by atoms with Crippen molar-refractivity contribution in [2.45, 2.75) is 54.9 Å². The molecule has 7 unspecified atom stereocenters. The van der Waals surface area contributed by atoms with E-state index in [0.29, 0.717) is 0 Å². The van der Waals surface area contributed by atoms with E-state index in [2.05, 4.69) is 0 Å². The quantitative estimate of drug-likeness (QED) is 0.190. The van der Waals surface area contributed by atoms with Gasteiger partial charge in [0, 0.05) is 0 Å². The molecule has 0 aromatic carbocycles. The van der Waals surface area contributed by atoms with Gasteiger partial charge in [-0.3, -0.25) is 0 Å². The molecule has 11 nitrogen and oxygen atoms in total. The Morgan fingerprint density at radius 1 is 0.792 bits per heavy atom. The SMILES string of the molecule is OCC(O)C(O)C(OC[C@@H]1OC(CO)[C@@H](O)C(O)C1O)C(O)CO. The summed E-state index contributed by atoms with van der Waals surface area (Å²) in [5, 5.41) is 85.0. The van der Waals surface area contributed by atoms with Crippen LogP contribution < -0.4 is 0 Å². The topological polar surface area (TPSA) is 201 Å². The zero-order valence-electron chi connectivity index (χ0n) is 12.9. The zero-order chi connectivity index (χ0) is 18.4. The molecule has 0 bridgehead atoms. The molecule has 144 valence electrons. The van der Waals surface area contributed by atoms with Crippen LogP contribution in [0.3, 0.4) is 0 Å². The van der Waals surface area contributed by atoms with E-state index in [1.165, 1.54) is 0 Å². The van der Waals surface area contributed by atoms with Crippen molar-refractivity contribution in [3.05, 3.63) is 0 Å². The number of ether oxygens (including phenoxy) is 2. The maximum atomic E-state index is 9.86. The largest absolute Gasteiger partial charge is 0.394 e. The number of hydrogen-bond acceptors (Lipinski definition) is 11. The molecule has 1 aliphatic rings. The Bertz CT molecular complexity index is 355. The van der Waals surface area contributed by atoms with E-state index < -0.39 is 81.4 Å². The lowest BCUT2D eigenvalue weighted by Gasteiger charge is -2.40. The van der Waals surface area contributed by atoms with Crippen LogP contribution in [0.2, 0.25) is 0 Å². The van der Waals surface area contributed by atoms with Crippen LogP contribution in [0.25, 0.3) is 0 Å². The van der Waals surface area contributed by atoms with Crippen molar-refractivity contribution in [3.63, 3.8) is 0 Å². The first-order chi connectivity index (χ1) is 11.3. The molecule has 11 heteroatoms. The van der Waals surface area contributed by atoms with Crippen LogP contribution in [0.4, 0.5) is 0 Å². The highest BCUT2D eigenvalue weighted by Crippen LogP contribution is 2.22. The average molecular weight is 358 g/mol. The van der Waals surface area contributed by atoms with Gasteiger partial charge in [0.25, 0.3) is 0 Å². The van der Waals surface area contributed by atoms with E-state index in [1.54, 1.807) is 0 Å². The number of hydrogen-bond donors (Lipinski definition) is 9. The summed E-state index contributed by atoms with van der Waals surface area (Å²) in [4.78, 5) is 0. The van der Waals surface area contributed by atoms with E-state index in [1.807, 2.05) is 0 Å². The highest BCUT2D eigenvalue weighted by molar-refractivity contribution is 4.92. The van der Waals surface area contributed by atoms with Gasteiger partial charge in [-0.2, -0.15) is 0 Å². The summed E-state index contributed by atoms with van der Waals surface area (Å²) in [7, 11) is 0. The minimum absolute atomic E-state index is 0.502. The molecular formula is C13H26O11. The van der Waals surface area contributed by atoms with Gasteiger partial charge >= 0.3 is 0 Å². The minimum Gasteiger partial charge on any atom is -0.394 e. The molecular weight excluding hydrogens is 332 g/mol. The lowest BCUT2D eigenvalue weighted by molar-refractivity contribution is -0.249. The van der Waals surface area contributed by atoms with Crippen LogP contribution in [-0.4, -0.2) is 127 Å². The molecule has 24 heavy (non-hydrogen) atoms. The molecule has 0 saturated carbocycles. The van der Waals surface area contributed by atoms with Gasteiger partial charge in [-0.25, -0.2) is 0 Å². The molecule has 1 fully saturated rings. The third kappa shape index (κ3) is 5.03. The standard InChI is InChI=1S/C13H26O11/c14-1-5(17)9(19)13(6(18)2-15)23-4-8-11(21)12(22)10(20)7(3-16)24-8/h5-22H,1-4H2/t5?,6?,7?,8-,9?,10+,11?,12?,13?/m0/s1. The highest BCUT2D eigenvalue weighted by Gasteiger charge is 2.44. The Hall–Kier alpha value is -0.440. The molecule has 1 aliphatic heterocycles. The van der Waals surface area contributed by atoms with Crippen LogP contribution >= 0.6 is 0 Å². The lowest BCUT2D eigenvalue weighted by atomic mass is 9.95. The summed E-state index contributed by atoms with van der Waals surface area (Å²) in [6.07, 6.45) is -13.6. The second-order valence-electron chi connectivity index (χ2n) is 5.66. The molecule has 0 radical (unpaired) electrons. The van der Waals surface area contributed by atoms with Gasteiger partial charge in [-0.1, -0.05) is 0 Å². The maximum Gasteiger partial charge on any atom is 0.114 e. The molecule has 0 aromatic rings. The van der Waals surface area contributed by atoms with Crippen LogP contribution in [0.5, 0.6) is 0 Å². The van der Waals surface area contributed by atoms with Crippen molar-refractivity contribution in [2.24, 2.45) is 0 Å². The molecule has 9 atom stereocenters. The minimum atomic E-state index is -1.75. The van der Waals surface area contributed by atoms with Gasteiger partial charge in [0.2, 0.25) is 0 Å². The first kappa shape index (κ1) is 21.6. The van der Waals surface area contributed by atoms with E-state index in [9.17, 15) is 30.6 Å². The van der Waals surface area contributed by atoms with E-state index in [-0.39, 0.29) is 0 Å². The van der Waals surface area contributed by atoms with Crippen molar-refractivity contribution < 1.29 is 55.4 Å². The van der Waals surface area contributed by atoms with Crippen molar-refractivity contribution in [1.82, 2.24) is 0 Å². The lowest BCUT2D eigenvalue weighted by Crippen LogP contribution is -2.60. The van der Waals surface area contributed by atoms with Crippen molar-refractivity contribution in [2.75, 3.05) is 26.4 Å². The van der Waals surface area contributed by atoms with Crippen molar-refractivity contribution >= 4 is 0 Å². The summed E-state index contributed by atoms with van der Waals surface area (Å²) < 4.78 is 10.4. The Kier molecular flexibility index (Phi) is 8.90. The number of rotatable bonds is 9. The van der Waals surface area contributed by atoms with Crippen LogP contribution in [0.15, 0.2) is 0 Å². The Morgan fingerprint density at radius 3 is 1.83 bits per heavy atom. The first-order valence-corrected chi connectivity index (χ1v) is 7.46. The number of aliphatic hydroxyl groups is 9. The third-order valence-corrected chi connectivity index (χ3v) is 3.93. The van der Waals surface area contributed by atoms with E-state index in [4.69, 9.17) is 24.8 Å². The smallest absolute Gasteiger partial charge is 0.114 e. The van der Waals surface area contributed by atoms with Gasteiger partial charge < -0.3 is 55.4 Å². The number of aliphatic hydroxyl groups excluding tert-OH is 9. The summed E-state index contributed by atoms with van der Waals surface area (Å²) in [5.41, 5.74) is 0. The van der Waals surface area contributed by atoms with Crippen molar-refractivity contribution in [1.29, 1.82) is 0 Å². The third-order valence-electron chi connectivity index (χ3n) is 3.93. The van der Waals surface area contributed by atoms with Gasteiger partial charge in [0.15, 0.2) is 0 Å². The van der Waals surface area contributed by atoms with Gasteiger partial charge in [0.05, 0.1) is 26.4 Å². The molecule has 0 aliphatic carbocycles. The van der Waals surface area contributed by atoms with E-state index in [0.717, 1.165) is 0 Å². The molecule has 1 saturated heterocycles. The average Bonchev–Trinajstić information content (AvgIpc) is 2.60. The molecule has 1 rings (SSSR count). The Balaban J connectivity index is 2.74. The monoisotopic (exact) mass is 358 g/mol. The molecule has 0 aromatic heterocycles. The molecule has 0 spiro atoms. The second-order valence-corrected chi connectivity index (χ2v) is 5.66. The van der Waals surface area contributed by atoms with Gasteiger partial charge in [-0.15, -0.1) is 0 Å². The summed E-state index contributed by atoms with van der Waals surface area (Å²) in [6.45, 7) is -2.76. The van der Waals surface area contributed by atoms with Crippen LogP contribution in [0.1, 0.15) is 0 Å². The fourth-order valence-electron chi connectivity index (χ4n) is 2.39. The maximum absolute atomic E-state index is 9.86. The summed E-state index contributed by atoms with van der Waals surface area (Å²) in [6, 6.07) is 0. The highest BCUT2D eigenvalue weighted by atomic mass is 16.6. The van der Waals surface area contributed by atoms with Crippen LogP contribution in [0, 0.1) is 0 Å². The molecule has 9 N–H and O–H groups in total. The predicted octanol–water partition coefficient (Wildman–Crippen LogP) is -5.72. The van der Waals surface area contributed by atoms with Crippen LogP contribution in [-0.2, 0) is 9.47 Å². The Morgan fingerprint density at radius 2 is 1.33 bits per heavy atom. The fraction of sp³-hybridized carbons (Fsp3) is 1.00. The first-order valence-electron chi connectivity index (χ1n) is 7.46. The van der Waals surface area contributed by atoms with Crippen molar-refractivity contribution in [3.8, 4) is 0 Å². The van der Waals surface area contributed by atoms with Gasteiger partial charge in [0.1, 0.15) is 54.9 Å². The van der Waals surface area contributed by atoms with Gasteiger partial charge in [-0.05, 0) is 0 Å². The van der Waals surface area contributed by atoms with E-state index >= 15 is 0 Å². The molecule has 0 amide bonds. The Labute approximate surface area is 137 Å². The summed E-state index contributed by atoms with van der Waals surface area (Å²) in [5.74, 6) is 0.